The van der Waals surface area contributed by atoms with Crippen LogP contribution in [0.4, 0.5) is 0 Å². The van der Waals surface area contributed by atoms with Gasteiger partial charge in [0.2, 0.25) is 0 Å². The van der Waals surface area contributed by atoms with Crippen LogP contribution in [0.25, 0.3) is 0 Å². The molecule has 1 aromatic rings. The largest absolute Gasteiger partial charge is 0.489 e. The van der Waals surface area contributed by atoms with Crippen molar-refractivity contribution in [2.75, 3.05) is 0 Å². The third-order valence-corrected chi connectivity index (χ3v) is 1.32. The van der Waals surface area contributed by atoms with Gasteiger partial charge < -0.3 is 4.74 Å². The van der Waals surface area contributed by atoms with Gasteiger partial charge in [0.25, 0.3) is 0 Å². The lowest BCUT2D eigenvalue weighted by Crippen LogP contribution is -2.06. The quantitative estimate of drug-likeness (QED) is 0.646. The van der Waals surface area contributed by atoms with Crippen LogP contribution in [0.15, 0.2) is 18.3 Å². The Bertz CT molecular complexity index is 233. The zero-order valence-electron chi connectivity index (χ0n) is 7.16. The first-order chi connectivity index (χ1) is 5.20. The first-order valence-electron chi connectivity index (χ1n) is 3.78. The van der Waals surface area contributed by atoms with E-state index in [-0.39, 0.29) is 6.10 Å². The molecule has 0 unspecified atom stereocenters. The smallest absolute Gasteiger partial charge is 0.140 e. The maximum absolute atomic E-state index is 5.48. The molecule has 0 aliphatic heterocycles. The molecule has 11 heavy (non-hydrogen) atoms. The highest BCUT2D eigenvalue weighted by Gasteiger charge is 1.99. The molecular formula is C9H13NO. The van der Waals surface area contributed by atoms with Crippen LogP contribution in [-0.4, -0.2) is 11.1 Å². The van der Waals surface area contributed by atoms with Crippen molar-refractivity contribution in [3.63, 3.8) is 0 Å². The van der Waals surface area contributed by atoms with Crippen LogP contribution >= 0.6 is 0 Å². The van der Waals surface area contributed by atoms with Gasteiger partial charge in [0.1, 0.15) is 5.75 Å². The predicted molar refractivity (Wildman–Crippen MR) is 44.7 cm³/mol. The lowest BCUT2D eigenvalue weighted by molar-refractivity contribution is 0.239. The molecule has 0 aliphatic rings. The Morgan fingerprint density at radius 2 is 2.18 bits per heavy atom. The number of hydrogen-bond donors (Lipinski definition) is 0. The molecular weight excluding hydrogens is 138 g/mol. The standard InChI is InChI=1S/C9H13NO/c1-7(2)11-9-5-4-6-10-8(9)3/h4-7H,1-3H3. The minimum atomic E-state index is 0.220. The monoisotopic (exact) mass is 151 g/mol. The molecule has 0 spiro atoms. The van der Waals surface area contributed by atoms with Crippen molar-refractivity contribution in [1.82, 2.24) is 4.98 Å². The van der Waals surface area contributed by atoms with E-state index in [9.17, 15) is 0 Å². The van der Waals surface area contributed by atoms with E-state index in [4.69, 9.17) is 4.74 Å². The predicted octanol–water partition coefficient (Wildman–Crippen LogP) is 2.18. The Kier molecular flexibility index (Phi) is 2.47. The number of aromatic nitrogens is 1. The molecule has 60 valence electrons. The van der Waals surface area contributed by atoms with E-state index < -0.39 is 0 Å². The average molecular weight is 151 g/mol. The van der Waals surface area contributed by atoms with E-state index in [1.807, 2.05) is 32.9 Å². The van der Waals surface area contributed by atoms with Crippen molar-refractivity contribution >= 4 is 0 Å². The number of ether oxygens (including phenoxy) is 1. The molecule has 0 aromatic carbocycles. The summed E-state index contributed by atoms with van der Waals surface area (Å²) in [5.74, 6) is 0.877. The minimum Gasteiger partial charge on any atom is -0.489 e. The maximum atomic E-state index is 5.48. The van der Waals surface area contributed by atoms with Crippen molar-refractivity contribution in [3.05, 3.63) is 24.0 Å². The van der Waals surface area contributed by atoms with Gasteiger partial charge in [-0.25, -0.2) is 0 Å². The summed E-state index contributed by atoms with van der Waals surface area (Å²) >= 11 is 0. The zero-order chi connectivity index (χ0) is 8.27. The van der Waals surface area contributed by atoms with Crippen LogP contribution in [0.5, 0.6) is 5.75 Å². The number of rotatable bonds is 2. The second kappa shape index (κ2) is 3.37. The Morgan fingerprint density at radius 3 is 2.73 bits per heavy atom. The third-order valence-electron chi connectivity index (χ3n) is 1.32. The number of pyridine rings is 1. The summed E-state index contributed by atoms with van der Waals surface area (Å²) < 4.78 is 5.48. The van der Waals surface area contributed by atoms with Gasteiger partial charge in [-0.2, -0.15) is 0 Å². The highest BCUT2D eigenvalue weighted by atomic mass is 16.5. The number of nitrogens with zero attached hydrogens (tertiary/aromatic N) is 1. The van der Waals surface area contributed by atoms with Gasteiger partial charge in [-0.05, 0) is 32.9 Å². The van der Waals surface area contributed by atoms with E-state index in [0.29, 0.717) is 0 Å². The summed E-state index contributed by atoms with van der Waals surface area (Å²) in [6, 6.07) is 3.81. The molecule has 2 nitrogen and oxygen atoms in total. The highest BCUT2D eigenvalue weighted by Crippen LogP contribution is 2.14. The average Bonchev–Trinajstić information content (AvgIpc) is 1.93. The Balaban J connectivity index is 2.78. The fraction of sp³-hybridized carbons (Fsp3) is 0.444. The number of hydrogen-bond acceptors (Lipinski definition) is 2. The molecule has 1 heterocycles. The van der Waals surface area contributed by atoms with Crippen LogP contribution in [0, 0.1) is 6.92 Å². The molecule has 0 fully saturated rings. The minimum absolute atomic E-state index is 0.220. The molecule has 2 heteroatoms. The normalized spacial score (nSPS) is 10.2. The second-order valence-electron chi connectivity index (χ2n) is 2.75. The first-order valence-corrected chi connectivity index (χ1v) is 3.78. The van der Waals surface area contributed by atoms with Crippen LogP contribution in [0.1, 0.15) is 19.5 Å². The number of aryl methyl sites for hydroxylation is 1. The summed E-state index contributed by atoms with van der Waals surface area (Å²) in [5.41, 5.74) is 0.946. The van der Waals surface area contributed by atoms with Crippen molar-refractivity contribution in [2.45, 2.75) is 26.9 Å². The summed E-state index contributed by atoms with van der Waals surface area (Å²) in [5, 5.41) is 0. The lowest BCUT2D eigenvalue weighted by atomic mass is 10.3. The molecule has 0 bridgehead atoms. The van der Waals surface area contributed by atoms with Crippen LogP contribution in [0.2, 0.25) is 0 Å². The van der Waals surface area contributed by atoms with Gasteiger partial charge in [-0.1, -0.05) is 0 Å². The van der Waals surface area contributed by atoms with Gasteiger partial charge in [0.15, 0.2) is 0 Å². The molecule has 0 N–H and O–H groups in total. The van der Waals surface area contributed by atoms with Crippen molar-refractivity contribution in [2.24, 2.45) is 0 Å². The SMILES string of the molecule is Cc1ncccc1OC(C)C. The molecule has 0 atom stereocenters. The molecule has 1 rings (SSSR count). The Labute approximate surface area is 67.2 Å². The van der Waals surface area contributed by atoms with Gasteiger partial charge in [-0.3, -0.25) is 4.98 Å². The van der Waals surface area contributed by atoms with E-state index >= 15 is 0 Å². The van der Waals surface area contributed by atoms with Gasteiger partial charge in [-0.15, -0.1) is 0 Å². The lowest BCUT2D eigenvalue weighted by Gasteiger charge is -2.10. The van der Waals surface area contributed by atoms with E-state index in [1.165, 1.54) is 0 Å². The molecule has 0 amide bonds. The first kappa shape index (κ1) is 8.05. The summed E-state index contributed by atoms with van der Waals surface area (Å²) in [4.78, 5) is 4.11. The van der Waals surface area contributed by atoms with Gasteiger partial charge in [0.05, 0.1) is 11.8 Å². The van der Waals surface area contributed by atoms with E-state index in [2.05, 4.69) is 4.98 Å². The van der Waals surface area contributed by atoms with E-state index in [0.717, 1.165) is 11.4 Å². The fourth-order valence-corrected chi connectivity index (χ4v) is 0.848. The van der Waals surface area contributed by atoms with Crippen LogP contribution in [-0.2, 0) is 0 Å². The molecule has 0 radical (unpaired) electrons. The van der Waals surface area contributed by atoms with Crippen LogP contribution < -0.4 is 4.74 Å². The Morgan fingerprint density at radius 1 is 1.45 bits per heavy atom. The van der Waals surface area contributed by atoms with Gasteiger partial charge >= 0.3 is 0 Å². The summed E-state index contributed by atoms with van der Waals surface area (Å²) in [7, 11) is 0. The molecule has 0 aliphatic carbocycles. The Hall–Kier alpha value is -1.05. The third kappa shape index (κ3) is 2.22. The van der Waals surface area contributed by atoms with E-state index in [1.54, 1.807) is 6.20 Å². The summed E-state index contributed by atoms with van der Waals surface area (Å²) in [6.45, 7) is 5.95. The summed E-state index contributed by atoms with van der Waals surface area (Å²) in [6.07, 6.45) is 1.99. The van der Waals surface area contributed by atoms with Crippen molar-refractivity contribution < 1.29 is 4.74 Å². The molecule has 1 aromatic heterocycles. The van der Waals surface area contributed by atoms with Crippen LogP contribution in [0.3, 0.4) is 0 Å². The van der Waals surface area contributed by atoms with Crippen molar-refractivity contribution in [1.29, 1.82) is 0 Å². The topological polar surface area (TPSA) is 22.1 Å². The zero-order valence-corrected chi connectivity index (χ0v) is 7.16. The maximum Gasteiger partial charge on any atom is 0.140 e. The fourth-order valence-electron chi connectivity index (χ4n) is 0.848. The molecule has 0 saturated carbocycles. The molecule has 0 saturated heterocycles. The van der Waals surface area contributed by atoms with Crippen molar-refractivity contribution in [3.8, 4) is 5.75 Å². The second-order valence-corrected chi connectivity index (χ2v) is 2.75. The van der Waals surface area contributed by atoms with Gasteiger partial charge in [0, 0.05) is 6.20 Å². The highest BCUT2D eigenvalue weighted by molar-refractivity contribution is 5.25.